The summed E-state index contributed by atoms with van der Waals surface area (Å²) in [7, 11) is 0. The summed E-state index contributed by atoms with van der Waals surface area (Å²) in [6.45, 7) is 4.35. The molecule has 0 saturated heterocycles. The summed E-state index contributed by atoms with van der Waals surface area (Å²) in [5.41, 5.74) is 7.26. The van der Waals surface area contributed by atoms with Gasteiger partial charge >= 0.3 is 0 Å². The van der Waals surface area contributed by atoms with Gasteiger partial charge in [0.2, 0.25) is 0 Å². The van der Waals surface area contributed by atoms with Crippen LogP contribution in [0.15, 0.2) is 22.8 Å². The minimum Gasteiger partial charge on any atom is -0.324 e. The maximum atomic E-state index is 6.25. The molecule has 3 heteroatoms. The van der Waals surface area contributed by atoms with E-state index in [1.165, 1.54) is 0 Å². The van der Waals surface area contributed by atoms with E-state index in [0.29, 0.717) is 0 Å². The molecule has 0 amide bonds. The van der Waals surface area contributed by atoms with Crippen molar-refractivity contribution >= 4 is 15.9 Å². The van der Waals surface area contributed by atoms with Gasteiger partial charge in [-0.1, -0.05) is 19.9 Å². The third kappa shape index (κ3) is 1.48. The molecular weight excluding hydrogens is 240 g/mol. The van der Waals surface area contributed by atoms with Crippen LogP contribution in [0.4, 0.5) is 0 Å². The second-order valence-electron chi connectivity index (χ2n) is 4.63. The van der Waals surface area contributed by atoms with Crippen molar-refractivity contribution in [2.24, 2.45) is 5.73 Å². The predicted molar refractivity (Wildman–Crippen MR) is 61.1 cm³/mol. The molecule has 1 aromatic rings. The maximum absolute atomic E-state index is 6.25. The Morgan fingerprint density at radius 3 is 2.57 bits per heavy atom. The fourth-order valence-corrected chi connectivity index (χ4v) is 2.11. The summed E-state index contributed by atoms with van der Waals surface area (Å²) in [6.07, 6.45) is 2.21. The van der Waals surface area contributed by atoms with Crippen LogP contribution in [-0.2, 0) is 5.41 Å². The first-order valence-corrected chi connectivity index (χ1v) is 5.67. The summed E-state index contributed by atoms with van der Waals surface area (Å²) in [5, 5.41) is 0. The zero-order chi connectivity index (χ0) is 10.4. The number of halogens is 1. The molecule has 1 fully saturated rings. The van der Waals surface area contributed by atoms with Crippen LogP contribution in [0.2, 0.25) is 0 Å². The summed E-state index contributed by atoms with van der Waals surface area (Å²) in [5.74, 6) is 0. The molecule has 76 valence electrons. The van der Waals surface area contributed by atoms with E-state index in [1.807, 2.05) is 12.1 Å². The van der Waals surface area contributed by atoms with Crippen molar-refractivity contribution < 1.29 is 0 Å². The van der Waals surface area contributed by atoms with Crippen molar-refractivity contribution in [2.45, 2.75) is 37.6 Å². The van der Waals surface area contributed by atoms with Gasteiger partial charge in [-0.15, -0.1) is 0 Å². The van der Waals surface area contributed by atoms with Crippen molar-refractivity contribution in [3.8, 4) is 0 Å². The smallest absolute Gasteiger partial charge is 0.106 e. The highest BCUT2D eigenvalue weighted by atomic mass is 79.9. The Kier molecular flexibility index (Phi) is 2.20. The number of rotatable bonds is 2. The van der Waals surface area contributed by atoms with Gasteiger partial charge in [-0.2, -0.15) is 0 Å². The van der Waals surface area contributed by atoms with Crippen LogP contribution < -0.4 is 5.73 Å². The molecule has 0 spiro atoms. The molecule has 1 saturated carbocycles. The van der Waals surface area contributed by atoms with E-state index in [9.17, 15) is 0 Å². The Morgan fingerprint density at radius 1 is 1.43 bits per heavy atom. The van der Waals surface area contributed by atoms with E-state index in [1.54, 1.807) is 0 Å². The van der Waals surface area contributed by atoms with Gasteiger partial charge in [0.05, 0.1) is 0 Å². The van der Waals surface area contributed by atoms with Crippen LogP contribution in [0.1, 0.15) is 32.4 Å². The average molecular weight is 255 g/mol. The van der Waals surface area contributed by atoms with Crippen molar-refractivity contribution in [1.82, 2.24) is 4.98 Å². The molecule has 0 radical (unpaired) electrons. The quantitative estimate of drug-likeness (QED) is 0.825. The summed E-state index contributed by atoms with van der Waals surface area (Å²) in [4.78, 5) is 4.49. The Morgan fingerprint density at radius 2 is 2.07 bits per heavy atom. The Labute approximate surface area is 93.0 Å². The molecule has 2 N–H and O–H groups in total. The van der Waals surface area contributed by atoms with Gasteiger partial charge in [-0.25, -0.2) is 4.98 Å². The van der Waals surface area contributed by atoms with E-state index in [4.69, 9.17) is 5.73 Å². The molecule has 2 rings (SSSR count). The molecule has 1 aromatic heterocycles. The molecule has 0 unspecified atom stereocenters. The predicted octanol–water partition coefficient (Wildman–Crippen LogP) is 2.61. The zero-order valence-corrected chi connectivity index (χ0v) is 10.1. The standard InChI is InChI=1S/C11H15BrN2/c1-10(2,11(13)6-7-11)8-4-3-5-9(12)14-8/h3-5H,6-7,13H2,1-2H3. The minimum absolute atomic E-state index is 0.0310. The van der Waals surface area contributed by atoms with Gasteiger partial charge in [-0.3, -0.25) is 0 Å². The molecule has 0 aromatic carbocycles. The van der Waals surface area contributed by atoms with Crippen LogP contribution in [0, 0.1) is 0 Å². The first-order chi connectivity index (χ1) is 6.46. The lowest BCUT2D eigenvalue weighted by atomic mass is 9.79. The molecule has 0 aliphatic heterocycles. The lowest BCUT2D eigenvalue weighted by Crippen LogP contribution is -2.43. The molecule has 1 aliphatic rings. The third-order valence-corrected chi connectivity index (χ3v) is 3.83. The lowest BCUT2D eigenvalue weighted by Gasteiger charge is -2.31. The van der Waals surface area contributed by atoms with Crippen LogP contribution in [-0.4, -0.2) is 10.5 Å². The number of aromatic nitrogens is 1. The highest BCUT2D eigenvalue weighted by Gasteiger charge is 2.52. The van der Waals surface area contributed by atoms with Crippen molar-refractivity contribution in [1.29, 1.82) is 0 Å². The maximum Gasteiger partial charge on any atom is 0.106 e. The highest BCUT2D eigenvalue weighted by Crippen LogP contribution is 2.48. The van der Waals surface area contributed by atoms with Crippen molar-refractivity contribution in [2.75, 3.05) is 0 Å². The molecule has 14 heavy (non-hydrogen) atoms. The molecular formula is C11H15BrN2. The summed E-state index contributed by atoms with van der Waals surface area (Å²) in [6, 6.07) is 6.01. The van der Waals surface area contributed by atoms with E-state index < -0.39 is 0 Å². The SMILES string of the molecule is CC(C)(c1cccc(Br)n1)C1(N)CC1. The monoisotopic (exact) mass is 254 g/mol. The molecule has 1 heterocycles. The second-order valence-corrected chi connectivity index (χ2v) is 5.44. The van der Waals surface area contributed by atoms with Gasteiger partial charge in [0, 0.05) is 16.6 Å². The number of pyridine rings is 1. The Balaban J connectivity index is 2.38. The van der Waals surface area contributed by atoms with Gasteiger partial charge in [-0.05, 0) is 40.9 Å². The molecule has 0 atom stereocenters. The first-order valence-electron chi connectivity index (χ1n) is 4.88. The van der Waals surface area contributed by atoms with Crippen LogP contribution >= 0.6 is 15.9 Å². The van der Waals surface area contributed by atoms with Gasteiger partial charge < -0.3 is 5.73 Å². The summed E-state index contributed by atoms with van der Waals surface area (Å²) < 4.78 is 0.882. The number of hydrogen-bond acceptors (Lipinski definition) is 2. The Bertz CT molecular complexity index is 356. The van der Waals surface area contributed by atoms with E-state index >= 15 is 0 Å². The molecule has 1 aliphatic carbocycles. The van der Waals surface area contributed by atoms with E-state index in [-0.39, 0.29) is 11.0 Å². The normalized spacial score (nSPS) is 19.4. The number of nitrogens with two attached hydrogens (primary N) is 1. The van der Waals surface area contributed by atoms with Crippen LogP contribution in [0.5, 0.6) is 0 Å². The third-order valence-electron chi connectivity index (χ3n) is 3.39. The molecule has 0 bridgehead atoms. The summed E-state index contributed by atoms with van der Waals surface area (Å²) >= 11 is 3.39. The second kappa shape index (κ2) is 3.04. The van der Waals surface area contributed by atoms with Gasteiger partial charge in [0.25, 0.3) is 0 Å². The Hall–Kier alpha value is -0.410. The zero-order valence-electron chi connectivity index (χ0n) is 8.55. The van der Waals surface area contributed by atoms with Crippen molar-refractivity contribution in [3.63, 3.8) is 0 Å². The fourth-order valence-electron chi connectivity index (χ4n) is 1.77. The van der Waals surface area contributed by atoms with E-state index in [2.05, 4.69) is 40.8 Å². The lowest BCUT2D eigenvalue weighted by molar-refractivity contribution is 0.380. The highest BCUT2D eigenvalue weighted by molar-refractivity contribution is 9.10. The number of nitrogens with zero attached hydrogens (tertiary/aromatic N) is 1. The number of hydrogen-bond donors (Lipinski definition) is 1. The van der Waals surface area contributed by atoms with Crippen LogP contribution in [0.25, 0.3) is 0 Å². The van der Waals surface area contributed by atoms with Crippen LogP contribution in [0.3, 0.4) is 0 Å². The van der Waals surface area contributed by atoms with E-state index in [0.717, 1.165) is 23.1 Å². The molecule has 2 nitrogen and oxygen atoms in total. The van der Waals surface area contributed by atoms with Gasteiger partial charge in [0.1, 0.15) is 4.60 Å². The topological polar surface area (TPSA) is 38.9 Å². The van der Waals surface area contributed by atoms with Crippen molar-refractivity contribution in [3.05, 3.63) is 28.5 Å². The average Bonchev–Trinajstić information content (AvgIpc) is 2.85. The fraction of sp³-hybridized carbons (Fsp3) is 0.545. The van der Waals surface area contributed by atoms with Gasteiger partial charge in [0.15, 0.2) is 0 Å². The largest absolute Gasteiger partial charge is 0.324 e. The minimum atomic E-state index is -0.0409. The first kappa shape index (κ1) is 10.1.